The lowest BCUT2D eigenvalue weighted by molar-refractivity contribution is -0.132. The molecule has 2 saturated heterocycles. The molecule has 5 nitrogen and oxygen atoms in total. The van der Waals surface area contributed by atoms with Crippen molar-refractivity contribution in [1.29, 1.82) is 0 Å². The molecule has 1 aliphatic carbocycles. The van der Waals surface area contributed by atoms with E-state index in [4.69, 9.17) is 19.9 Å². The van der Waals surface area contributed by atoms with Gasteiger partial charge in [0.25, 0.3) is 0 Å². The van der Waals surface area contributed by atoms with Gasteiger partial charge in [-0.1, -0.05) is 11.6 Å². The molecule has 3 aliphatic rings. The molecule has 2 aliphatic heterocycles. The van der Waals surface area contributed by atoms with Crippen LogP contribution in [-0.2, 0) is 19.0 Å². The molecule has 0 amide bonds. The number of hydrogen-bond acceptors (Lipinski definition) is 5. The van der Waals surface area contributed by atoms with Crippen LogP contribution in [0.15, 0.2) is 23.8 Å². The number of ketones is 1. The molecule has 0 unspecified atom stereocenters. The molecule has 0 bridgehead atoms. The van der Waals surface area contributed by atoms with Crippen molar-refractivity contribution in [1.82, 2.24) is 0 Å². The molecule has 0 aromatic carbocycles. The number of rotatable bonds is 4. The molecule has 1 spiro atoms. The fourth-order valence-corrected chi connectivity index (χ4v) is 3.13. The molecule has 2 heterocycles. The first-order chi connectivity index (χ1) is 9.43. The SMILES string of the molecule is CO[C@@H]1C(=O)C=C[C@]2(CO2)[C@H]1[C@@]1(N)O[C@@H]1CC=C(C)C. The van der Waals surface area contributed by atoms with E-state index in [2.05, 4.69) is 6.08 Å². The molecule has 0 radical (unpaired) electrons. The smallest absolute Gasteiger partial charge is 0.184 e. The Morgan fingerprint density at radius 3 is 2.85 bits per heavy atom. The molecule has 5 heteroatoms. The fraction of sp³-hybridized carbons (Fsp3) is 0.667. The number of nitrogens with two attached hydrogens (primary N) is 1. The van der Waals surface area contributed by atoms with Crippen LogP contribution in [0.2, 0.25) is 0 Å². The van der Waals surface area contributed by atoms with Crippen LogP contribution in [0.4, 0.5) is 0 Å². The third-order valence-corrected chi connectivity index (χ3v) is 4.39. The van der Waals surface area contributed by atoms with E-state index in [9.17, 15) is 4.79 Å². The highest BCUT2D eigenvalue weighted by molar-refractivity contribution is 5.95. The summed E-state index contributed by atoms with van der Waals surface area (Å²) in [6.07, 6.45) is 5.52. The number of hydrogen-bond donors (Lipinski definition) is 1. The maximum Gasteiger partial charge on any atom is 0.184 e. The van der Waals surface area contributed by atoms with E-state index < -0.39 is 17.4 Å². The Hall–Kier alpha value is -1.01. The van der Waals surface area contributed by atoms with E-state index >= 15 is 0 Å². The number of methoxy groups -OCH3 is 1. The average Bonchev–Trinajstić information content (AvgIpc) is 3.29. The summed E-state index contributed by atoms with van der Waals surface area (Å²) in [7, 11) is 1.53. The molecule has 20 heavy (non-hydrogen) atoms. The highest BCUT2D eigenvalue weighted by Gasteiger charge is 2.71. The molecule has 2 N–H and O–H groups in total. The third-order valence-electron chi connectivity index (χ3n) is 4.39. The zero-order valence-corrected chi connectivity index (χ0v) is 12.1. The van der Waals surface area contributed by atoms with Crippen molar-refractivity contribution in [3.63, 3.8) is 0 Å². The second-order valence-electron chi connectivity index (χ2n) is 6.09. The van der Waals surface area contributed by atoms with E-state index in [0.29, 0.717) is 6.61 Å². The van der Waals surface area contributed by atoms with Gasteiger partial charge in [0.1, 0.15) is 17.8 Å². The average molecular weight is 279 g/mol. The van der Waals surface area contributed by atoms with Gasteiger partial charge in [-0.2, -0.15) is 0 Å². The highest BCUT2D eigenvalue weighted by Crippen LogP contribution is 2.54. The van der Waals surface area contributed by atoms with Crippen LogP contribution >= 0.6 is 0 Å². The van der Waals surface area contributed by atoms with E-state index in [0.717, 1.165) is 6.42 Å². The van der Waals surface area contributed by atoms with Crippen LogP contribution in [-0.4, -0.2) is 43.0 Å². The summed E-state index contributed by atoms with van der Waals surface area (Å²) < 4.78 is 16.7. The molecule has 3 rings (SSSR count). The summed E-state index contributed by atoms with van der Waals surface area (Å²) in [5.41, 5.74) is 6.30. The van der Waals surface area contributed by atoms with Crippen LogP contribution in [0.1, 0.15) is 20.3 Å². The van der Waals surface area contributed by atoms with E-state index in [1.807, 2.05) is 19.9 Å². The molecule has 0 aromatic rings. The monoisotopic (exact) mass is 279 g/mol. The summed E-state index contributed by atoms with van der Waals surface area (Å²) in [6.45, 7) is 4.65. The summed E-state index contributed by atoms with van der Waals surface area (Å²) >= 11 is 0. The molecule has 110 valence electrons. The molecular formula is C15H21NO4. The number of allylic oxidation sites excluding steroid dienone is 1. The number of epoxide rings is 2. The Kier molecular flexibility index (Phi) is 3.14. The molecule has 0 saturated carbocycles. The van der Waals surface area contributed by atoms with Crippen molar-refractivity contribution >= 4 is 5.78 Å². The minimum atomic E-state index is -0.844. The van der Waals surface area contributed by atoms with Crippen LogP contribution < -0.4 is 5.73 Å². The van der Waals surface area contributed by atoms with Crippen LogP contribution in [0.25, 0.3) is 0 Å². The Bertz CT molecular complexity index is 490. The number of ether oxygens (including phenoxy) is 3. The second kappa shape index (κ2) is 4.49. The first kappa shape index (κ1) is 13.9. The Morgan fingerprint density at radius 2 is 2.30 bits per heavy atom. The lowest BCUT2D eigenvalue weighted by Crippen LogP contribution is -2.55. The summed E-state index contributed by atoms with van der Waals surface area (Å²) in [4.78, 5) is 12.0. The maximum absolute atomic E-state index is 12.0. The van der Waals surface area contributed by atoms with Crippen LogP contribution in [0, 0.1) is 5.92 Å². The second-order valence-corrected chi connectivity index (χ2v) is 6.09. The van der Waals surface area contributed by atoms with Gasteiger partial charge in [0.05, 0.1) is 12.5 Å². The normalized spacial score (nSPS) is 45.6. The van der Waals surface area contributed by atoms with Gasteiger partial charge in [0, 0.05) is 7.11 Å². The van der Waals surface area contributed by atoms with Crippen molar-refractivity contribution in [2.45, 2.75) is 43.8 Å². The predicted molar refractivity (Wildman–Crippen MR) is 73.0 cm³/mol. The van der Waals surface area contributed by atoms with E-state index in [1.54, 1.807) is 0 Å². The van der Waals surface area contributed by atoms with Crippen molar-refractivity contribution in [2.75, 3.05) is 13.7 Å². The summed E-state index contributed by atoms with van der Waals surface area (Å²) in [6, 6.07) is 0. The van der Waals surface area contributed by atoms with Crippen LogP contribution in [0.5, 0.6) is 0 Å². The standard InChI is InChI=1S/C15H21NO4/c1-9(2)4-5-11-15(16,20-11)13-12(18-3)10(17)6-7-14(13)8-19-14/h4,6-7,11-13H,5,8,16H2,1-3H3/t11-,12-,13+,14+,15+/m1/s1. The van der Waals surface area contributed by atoms with Crippen molar-refractivity contribution in [2.24, 2.45) is 11.7 Å². The van der Waals surface area contributed by atoms with Gasteiger partial charge in [-0.05, 0) is 32.4 Å². The molecular weight excluding hydrogens is 258 g/mol. The van der Waals surface area contributed by atoms with Gasteiger partial charge in [-0.25, -0.2) is 0 Å². The minimum Gasteiger partial charge on any atom is -0.373 e. The first-order valence-electron chi connectivity index (χ1n) is 6.93. The van der Waals surface area contributed by atoms with Crippen LogP contribution in [0.3, 0.4) is 0 Å². The van der Waals surface area contributed by atoms with Gasteiger partial charge in [-0.3, -0.25) is 4.79 Å². The third kappa shape index (κ3) is 2.05. The van der Waals surface area contributed by atoms with Gasteiger partial charge in [-0.15, -0.1) is 0 Å². The lowest BCUT2D eigenvalue weighted by Gasteiger charge is -2.33. The zero-order chi connectivity index (χ0) is 14.5. The van der Waals surface area contributed by atoms with E-state index in [-0.39, 0.29) is 17.8 Å². The summed E-state index contributed by atoms with van der Waals surface area (Å²) in [5, 5.41) is 0. The molecule has 0 aromatic heterocycles. The number of carbonyl (C=O) groups excluding carboxylic acids is 1. The highest BCUT2D eigenvalue weighted by atomic mass is 16.6. The Balaban J connectivity index is 1.83. The number of carbonyl (C=O) groups is 1. The van der Waals surface area contributed by atoms with Gasteiger partial charge in [0.15, 0.2) is 11.5 Å². The van der Waals surface area contributed by atoms with Crippen molar-refractivity contribution < 1.29 is 19.0 Å². The largest absolute Gasteiger partial charge is 0.373 e. The van der Waals surface area contributed by atoms with Crippen molar-refractivity contribution in [3.8, 4) is 0 Å². The van der Waals surface area contributed by atoms with Gasteiger partial charge < -0.3 is 19.9 Å². The van der Waals surface area contributed by atoms with Gasteiger partial charge in [0.2, 0.25) is 0 Å². The van der Waals surface area contributed by atoms with Crippen molar-refractivity contribution in [3.05, 3.63) is 23.8 Å². The topological polar surface area (TPSA) is 77.4 Å². The Labute approximate surface area is 118 Å². The first-order valence-corrected chi connectivity index (χ1v) is 6.93. The molecule has 5 atom stereocenters. The Morgan fingerprint density at radius 1 is 1.60 bits per heavy atom. The molecule has 2 fully saturated rings. The maximum atomic E-state index is 12.0. The van der Waals surface area contributed by atoms with E-state index in [1.165, 1.54) is 18.8 Å². The summed E-state index contributed by atoms with van der Waals surface area (Å²) in [5.74, 6) is -0.354. The lowest BCUT2D eigenvalue weighted by atomic mass is 9.75. The minimum absolute atomic E-state index is 0.0695. The van der Waals surface area contributed by atoms with Gasteiger partial charge >= 0.3 is 0 Å². The fourth-order valence-electron chi connectivity index (χ4n) is 3.13. The zero-order valence-electron chi connectivity index (χ0n) is 12.1. The predicted octanol–water partition coefficient (Wildman–Crippen LogP) is 0.936. The quantitative estimate of drug-likeness (QED) is 0.612.